The molecule has 0 spiro atoms. The third-order valence-corrected chi connectivity index (χ3v) is 2.63. The molecular formula is C14H27BrO8. The minimum Gasteiger partial charge on any atom is -0.480 e. The highest BCUT2D eigenvalue weighted by atomic mass is 79.9. The first-order valence-corrected chi connectivity index (χ1v) is 8.63. The Morgan fingerprint density at radius 3 is 1.22 bits per heavy atom. The van der Waals surface area contributed by atoms with E-state index in [2.05, 4.69) is 15.9 Å². The van der Waals surface area contributed by atoms with Crippen LogP contribution in [0.3, 0.4) is 0 Å². The summed E-state index contributed by atoms with van der Waals surface area (Å²) in [5, 5.41) is 9.17. The molecule has 0 rings (SSSR count). The molecule has 0 aromatic heterocycles. The molecule has 1 N–H and O–H groups in total. The zero-order valence-corrected chi connectivity index (χ0v) is 15.0. The largest absolute Gasteiger partial charge is 0.480 e. The lowest BCUT2D eigenvalue weighted by molar-refractivity contribution is -0.142. The molecule has 0 heterocycles. The van der Waals surface area contributed by atoms with Gasteiger partial charge in [-0.1, -0.05) is 15.9 Å². The Morgan fingerprint density at radius 1 is 0.609 bits per heavy atom. The van der Waals surface area contributed by atoms with E-state index < -0.39 is 5.97 Å². The molecule has 23 heavy (non-hydrogen) atoms. The summed E-state index contributed by atoms with van der Waals surface area (Å²) in [4.78, 5) is 10.2. The van der Waals surface area contributed by atoms with Gasteiger partial charge < -0.3 is 33.5 Å². The maximum atomic E-state index is 10.2. The van der Waals surface area contributed by atoms with Crippen LogP contribution in [0.25, 0.3) is 0 Å². The summed E-state index contributed by atoms with van der Waals surface area (Å²) in [6.07, 6.45) is 0. The van der Waals surface area contributed by atoms with Crippen LogP contribution in [-0.2, 0) is 33.2 Å². The van der Waals surface area contributed by atoms with Crippen molar-refractivity contribution in [2.24, 2.45) is 0 Å². The molecule has 0 fully saturated rings. The van der Waals surface area contributed by atoms with Crippen LogP contribution < -0.4 is 0 Å². The van der Waals surface area contributed by atoms with E-state index in [1.807, 2.05) is 0 Å². The number of ether oxygens (including phenoxy) is 6. The number of hydrogen-bond donors (Lipinski definition) is 1. The van der Waals surface area contributed by atoms with Gasteiger partial charge >= 0.3 is 5.97 Å². The van der Waals surface area contributed by atoms with Gasteiger partial charge in [0.05, 0.1) is 72.7 Å². The molecule has 0 saturated heterocycles. The van der Waals surface area contributed by atoms with Gasteiger partial charge in [-0.05, 0) is 0 Å². The van der Waals surface area contributed by atoms with Crippen LogP contribution in [0.2, 0.25) is 0 Å². The number of carbonyl (C=O) groups is 1. The van der Waals surface area contributed by atoms with Crippen molar-refractivity contribution in [2.75, 3.05) is 84.6 Å². The van der Waals surface area contributed by atoms with Crippen molar-refractivity contribution in [1.29, 1.82) is 0 Å². The summed E-state index contributed by atoms with van der Waals surface area (Å²) >= 11 is 3.27. The number of carboxylic acid groups (broad SMARTS) is 1. The normalized spacial score (nSPS) is 11.0. The molecule has 0 amide bonds. The summed E-state index contributed by atoms with van der Waals surface area (Å²) in [5.41, 5.74) is 0. The summed E-state index contributed by atoms with van der Waals surface area (Å²) in [5.74, 6) is -0.985. The second-order valence-electron chi connectivity index (χ2n) is 4.20. The third kappa shape index (κ3) is 21.7. The minimum atomic E-state index is -0.985. The van der Waals surface area contributed by atoms with Crippen molar-refractivity contribution in [3.05, 3.63) is 0 Å². The molecule has 0 aliphatic heterocycles. The Hall–Kier alpha value is -0.290. The quantitative estimate of drug-likeness (QED) is 0.247. The van der Waals surface area contributed by atoms with Crippen molar-refractivity contribution >= 4 is 21.9 Å². The summed E-state index contributed by atoms with van der Waals surface area (Å²) in [6.45, 7) is 5.13. The lowest BCUT2D eigenvalue weighted by Crippen LogP contribution is -2.15. The van der Waals surface area contributed by atoms with E-state index in [-0.39, 0.29) is 13.2 Å². The maximum Gasteiger partial charge on any atom is 0.329 e. The molecular weight excluding hydrogens is 376 g/mol. The van der Waals surface area contributed by atoms with Crippen LogP contribution in [0.15, 0.2) is 0 Å². The van der Waals surface area contributed by atoms with Gasteiger partial charge in [0, 0.05) is 5.33 Å². The molecule has 0 aromatic rings. The van der Waals surface area contributed by atoms with E-state index in [1.165, 1.54) is 0 Å². The van der Waals surface area contributed by atoms with E-state index in [1.54, 1.807) is 0 Å². The summed E-state index contributed by atoms with van der Waals surface area (Å²) in [6, 6.07) is 0. The smallest absolute Gasteiger partial charge is 0.329 e. The molecule has 8 nitrogen and oxygen atoms in total. The standard InChI is InChI=1S/C14H27BrO8/c15-1-2-18-3-4-19-5-6-20-7-8-21-9-10-22-11-12-23-13-14(16)17/h1-13H2,(H,16,17). The van der Waals surface area contributed by atoms with E-state index in [0.717, 1.165) is 5.33 Å². The molecule has 0 bridgehead atoms. The first-order valence-electron chi connectivity index (χ1n) is 7.51. The molecule has 0 unspecified atom stereocenters. The Kier molecular flexibility index (Phi) is 19.5. The van der Waals surface area contributed by atoms with Gasteiger partial charge in [-0.25, -0.2) is 4.79 Å². The fraction of sp³-hybridized carbons (Fsp3) is 0.929. The Balaban J connectivity index is 2.96. The number of alkyl halides is 1. The fourth-order valence-electron chi connectivity index (χ4n) is 1.31. The highest BCUT2D eigenvalue weighted by Crippen LogP contribution is 1.85. The SMILES string of the molecule is O=C(O)COCCOCCOCCOCCOCCOCCBr. The van der Waals surface area contributed by atoms with Crippen molar-refractivity contribution < 1.29 is 38.3 Å². The van der Waals surface area contributed by atoms with Crippen LogP contribution >= 0.6 is 15.9 Å². The van der Waals surface area contributed by atoms with Crippen molar-refractivity contribution in [3.8, 4) is 0 Å². The van der Waals surface area contributed by atoms with E-state index in [4.69, 9.17) is 33.5 Å². The predicted octanol–water partition coefficient (Wildman–Crippen LogP) is 0.566. The van der Waals surface area contributed by atoms with Gasteiger partial charge in [-0.2, -0.15) is 0 Å². The number of carboxylic acids is 1. The number of halogens is 1. The summed E-state index contributed by atoms with van der Waals surface area (Å²) in [7, 11) is 0. The van der Waals surface area contributed by atoms with Crippen LogP contribution in [0.5, 0.6) is 0 Å². The topological polar surface area (TPSA) is 92.7 Å². The monoisotopic (exact) mass is 402 g/mol. The first kappa shape index (κ1) is 22.7. The van der Waals surface area contributed by atoms with Crippen LogP contribution in [0.4, 0.5) is 0 Å². The molecule has 0 aromatic carbocycles. The van der Waals surface area contributed by atoms with Gasteiger partial charge in [0.1, 0.15) is 6.61 Å². The van der Waals surface area contributed by atoms with E-state index in [0.29, 0.717) is 66.1 Å². The molecule has 0 aliphatic carbocycles. The van der Waals surface area contributed by atoms with Crippen LogP contribution in [-0.4, -0.2) is 95.7 Å². The van der Waals surface area contributed by atoms with E-state index >= 15 is 0 Å². The van der Waals surface area contributed by atoms with Gasteiger partial charge in [0.15, 0.2) is 0 Å². The lowest BCUT2D eigenvalue weighted by Gasteiger charge is -2.07. The molecule has 9 heteroatoms. The van der Waals surface area contributed by atoms with Gasteiger partial charge in [-0.15, -0.1) is 0 Å². The fourth-order valence-corrected chi connectivity index (χ4v) is 1.54. The van der Waals surface area contributed by atoms with Crippen LogP contribution in [0.1, 0.15) is 0 Å². The lowest BCUT2D eigenvalue weighted by atomic mass is 10.6. The Labute approximate surface area is 145 Å². The minimum absolute atomic E-state index is 0.260. The highest BCUT2D eigenvalue weighted by Gasteiger charge is 1.96. The van der Waals surface area contributed by atoms with Crippen LogP contribution in [0, 0.1) is 0 Å². The first-order chi connectivity index (χ1) is 11.3. The number of aliphatic carboxylic acids is 1. The van der Waals surface area contributed by atoms with Crippen molar-refractivity contribution in [3.63, 3.8) is 0 Å². The van der Waals surface area contributed by atoms with Crippen molar-refractivity contribution in [2.45, 2.75) is 0 Å². The molecule has 0 aliphatic rings. The molecule has 0 radical (unpaired) electrons. The molecule has 138 valence electrons. The Morgan fingerprint density at radius 2 is 0.913 bits per heavy atom. The third-order valence-electron chi connectivity index (χ3n) is 2.31. The van der Waals surface area contributed by atoms with E-state index in [9.17, 15) is 4.79 Å². The molecule has 0 saturated carbocycles. The average Bonchev–Trinajstić information content (AvgIpc) is 2.53. The summed E-state index contributed by atoms with van der Waals surface area (Å²) < 4.78 is 31.2. The molecule has 0 atom stereocenters. The number of hydrogen-bond acceptors (Lipinski definition) is 7. The predicted molar refractivity (Wildman–Crippen MR) is 86.3 cm³/mol. The number of rotatable bonds is 19. The zero-order valence-electron chi connectivity index (χ0n) is 13.4. The Bertz CT molecular complexity index is 255. The second-order valence-corrected chi connectivity index (χ2v) is 4.99. The zero-order chi connectivity index (χ0) is 17.0. The maximum absolute atomic E-state index is 10.2. The van der Waals surface area contributed by atoms with Gasteiger partial charge in [0.25, 0.3) is 0 Å². The van der Waals surface area contributed by atoms with Crippen molar-refractivity contribution in [1.82, 2.24) is 0 Å². The van der Waals surface area contributed by atoms with Gasteiger partial charge in [-0.3, -0.25) is 0 Å². The van der Waals surface area contributed by atoms with Gasteiger partial charge in [0.2, 0.25) is 0 Å². The second kappa shape index (κ2) is 19.8. The highest BCUT2D eigenvalue weighted by molar-refractivity contribution is 9.09. The average molecular weight is 403 g/mol.